The molecule has 0 aromatic carbocycles. The number of nitrogens with zero attached hydrogens (tertiary/aromatic N) is 1. The minimum atomic E-state index is 0.283. The summed E-state index contributed by atoms with van der Waals surface area (Å²) in [6, 6.07) is 0. The van der Waals surface area contributed by atoms with Crippen LogP contribution >= 0.6 is 0 Å². The lowest BCUT2D eigenvalue weighted by Gasteiger charge is -2.31. The lowest BCUT2D eigenvalue weighted by Crippen LogP contribution is -2.41. The molecule has 1 saturated heterocycles. The Morgan fingerprint density at radius 2 is 2.27 bits per heavy atom. The Labute approximate surface area is 92.8 Å². The van der Waals surface area contributed by atoms with Crippen LogP contribution in [0.5, 0.6) is 0 Å². The summed E-state index contributed by atoms with van der Waals surface area (Å²) in [6.45, 7) is 8.75. The standard InChI is InChI=1S/C12H23NO2/c1-3-11-10-13(8-6-12(11)14)7-5-9-15-4-2/h11H,3-10H2,1-2H3. The third kappa shape index (κ3) is 4.31. The first-order valence-corrected chi connectivity index (χ1v) is 6.10. The summed E-state index contributed by atoms with van der Waals surface area (Å²) in [7, 11) is 0. The van der Waals surface area contributed by atoms with Crippen LogP contribution in [0.2, 0.25) is 0 Å². The predicted octanol–water partition coefficient (Wildman–Crippen LogP) is 1.71. The summed E-state index contributed by atoms with van der Waals surface area (Å²) in [4.78, 5) is 13.9. The number of ketones is 1. The summed E-state index contributed by atoms with van der Waals surface area (Å²) in [5.41, 5.74) is 0. The van der Waals surface area contributed by atoms with E-state index in [2.05, 4.69) is 11.8 Å². The smallest absolute Gasteiger partial charge is 0.138 e. The van der Waals surface area contributed by atoms with Crippen LogP contribution in [-0.2, 0) is 9.53 Å². The molecule has 3 nitrogen and oxygen atoms in total. The van der Waals surface area contributed by atoms with Gasteiger partial charge in [-0.25, -0.2) is 0 Å². The molecule has 0 aliphatic carbocycles. The molecule has 0 saturated carbocycles. The van der Waals surface area contributed by atoms with Gasteiger partial charge in [-0.3, -0.25) is 4.79 Å². The molecule has 1 heterocycles. The minimum Gasteiger partial charge on any atom is -0.382 e. The quantitative estimate of drug-likeness (QED) is 0.629. The number of rotatable bonds is 6. The van der Waals surface area contributed by atoms with Gasteiger partial charge < -0.3 is 9.64 Å². The van der Waals surface area contributed by atoms with E-state index in [9.17, 15) is 4.79 Å². The van der Waals surface area contributed by atoms with Crippen LogP contribution in [0.3, 0.4) is 0 Å². The normalized spacial score (nSPS) is 23.3. The molecule has 1 fully saturated rings. The first kappa shape index (κ1) is 12.7. The molecule has 0 amide bonds. The van der Waals surface area contributed by atoms with Crippen LogP contribution in [0.25, 0.3) is 0 Å². The first-order valence-electron chi connectivity index (χ1n) is 6.10. The van der Waals surface area contributed by atoms with Crippen LogP contribution in [0, 0.1) is 5.92 Å². The fraction of sp³-hybridized carbons (Fsp3) is 0.917. The van der Waals surface area contributed by atoms with Crippen LogP contribution < -0.4 is 0 Å². The summed E-state index contributed by atoms with van der Waals surface area (Å²) >= 11 is 0. The maximum absolute atomic E-state index is 11.5. The SMILES string of the molecule is CCOCCCN1CCC(=O)C(CC)C1. The summed E-state index contributed by atoms with van der Waals surface area (Å²) in [5, 5.41) is 0. The van der Waals surface area contributed by atoms with E-state index >= 15 is 0 Å². The van der Waals surface area contributed by atoms with Gasteiger partial charge in [-0.1, -0.05) is 6.92 Å². The largest absolute Gasteiger partial charge is 0.382 e. The van der Waals surface area contributed by atoms with E-state index in [0.29, 0.717) is 5.78 Å². The summed E-state index contributed by atoms with van der Waals surface area (Å²) in [6.07, 6.45) is 2.81. The second-order valence-electron chi connectivity index (χ2n) is 4.17. The zero-order valence-electron chi connectivity index (χ0n) is 10.00. The highest BCUT2D eigenvalue weighted by molar-refractivity contribution is 5.82. The molecule has 0 aromatic heterocycles. The van der Waals surface area contributed by atoms with Gasteiger partial charge in [-0.2, -0.15) is 0 Å². The Morgan fingerprint density at radius 3 is 2.93 bits per heavy atom. The third-order valence-corrected chi connectivity index (χ3v) is 3.07. The maximum Gasteiger partial charge on any atom is 0.138 e. The third-order valence-electron chi connectivity index (χ3n) is 3.07. The fourth-order valence-corrected chi connectivity index (χ4v) is 2.07. The van der Waals surface area contributed by atoms with Crippen molar-refractivity contribution in [3.8, 4) is 0 Å². The zero-order valence-corrected chi connectivity index (χ0v) is 10.00. The second-order valence-corrected chi connectivity index (χ2v) is 4.17. The van der Waals surface area contributed by atoms with Crippen molar-refractivity contribution < 1.29 is 9.53 Å². The van der Waals surface area contributed by atoms with Crippen molar-refractivity contribution in [3.63, 3.8) is 0 Å². The van der Waals surface area contributed by atoms with Crippen molar-refractivity contribution >= 4 is 5.78 Å². The summed E-state index contributed by atoms with van der Waals surface area (Å²) in [5.74, 6) is 0.740. The molecule has 0 radical (unpaired) electrons. The van der Waals surface area contributed by atoms with E-state index < -0.39 is 0 Å². The van der Waals surface area contributed by atoms with Crippen LogP contribution in [0.4, 0.5) is 0 Å². The molecule has 0 spiro atoms. The van der Waals surface area contributed by atoms with Crippen molar-refractivity contribution in [2.45, 2.75) is 33.1 Å². The van der Waals surface area contributed by atoms with Gasteiger partial charge in [0.25, 0.3) is 0 Å². The molecule has 1 aliphatic heterocycles. The Morgan fingerprint density at radius 1 is 1.47 bits per heavy atom. The number of piperidine rings is 1. The van der Waals surface area contributed by atoms with Gasteiger partial charge in [-0.05, 0) is 19.8 Å². The van der Waals surface area contributed by atoms with Gasteiger partial charge in [0.1, 0.15) is 5.78 Å². The topological polar surface area (TPSA) is 29.5 Å². The molecule has 1 rings (SSSR count). The first-order chi connectivity index (χ1) is 7.27. The monoisotopic (exact) mass is 213 g/mol. The molecular formula is C12H23NO2. The van der Waals surface area contributed by atoms with E-state index in [1.165, 1.54) is 0 Å². The lowest BCUT2D eigenvalue weighted by atomic mass is 9.94. The molecule has 0 N–H and O–H groups in total. The number of ether oxygens (including phenoxy) is 1. The van der Waals surface area contributed by atoms with Crippen LogP contribution in [-0.4, -0.2) is 43.5 Å². The van der Waals surface area contributed by atoms with E-state index in [0.717, 1.165) is 52.1 Å². The highest BCUT2D eigenvalue weighted by Gasteiger charge is 2.24. The zero-order chi connectivity index (χ0) is 11.1. The molecule has 1 atom stereocenters. The highest BCUT2D eigenvalue weighted by Crippen LogP contribution is 2.15. The van der Waals surface area contributed by atoms with E-state index in [4.69, 9.17) is 4.74 Å². The molecule has 1 unspecified atom stereocenters. The average molecular weight is 213 g/mol. The van der Waals surface area contributed by atoms with Gasteiger partial charge in [0.15, 0.2) is 0 Å². The molecule has 88 valence electrons. The van der Waals surface area contributed by atoms with Gasteiger partial charge in [0, 0.05) is 45.2 Å². The minimum absolute atomic E-state index is 0.283. The Hall–Kier alpha value is -0.410. The Balaban J connectivity index is 2.17. The van der Waals surface area contributed by atoms with Gasteiger partial charge in [0.05, 0.1) is 0 Å². The lowest BCUT2D eigenvalue weighted by molar-refractivity contribution is -0.126. The number of hydrogen-bond donors (Lipinski definition) is 0. The predicted molar refractivity (Wildman–Crippen MR) is 61.0 cm³/mol. The molecule has 1 aliphatic rings. The molecule has 0 bridgehead atoms. The summed E-state index contributed by atoms with van der Waals surface area (Å²) < 4.78 is 5.31. The molecular weight excluding hydrogens is 190 g/mol. The number of carbonyl (C=O) groups is 1. The second kappa shape index (κ2) is 6.96. The average Bonchev–Trinajstić information content (AvgIpc) is 2.26. The number of carbonyl (C=O) groups excluding carboxylic acids is 1. The fourth-order valence-electron chi connectivity index (χ4n) is 2.07. The van der Waals surface area contributed by atoms with Crippen molar-refractivity contribution in [1.82, 2.24) is 4.90 Å². The van der Waals surface area contributed by atoms with Gasteiger partial charge in [0.2, 0.25) is 0 Å². The van der Waals surface area contributed by atoms with Crippen molar-refractivity contribution in [3.05, 3.63) is 0 Å². The Kier molecular flexibility index (Phi) is 5.88. The maximum atomic E-state index is 11.5. The van der Waals surface area contributed by atoms with E-state index in [1.807, 2.05) is 6.92 Å². The van der Waals surface area contributed by atoms with E-state index in [-0.39, 0.29) is 5.92 Å². The highest BCUT2D eigenvalue weighted by atomic mass is 16.5. The van der Waals surface area contributed by atoms with Crippen molar-refractivity contribution in [2.75, 3.05) is 32.8 Å². The van der Waals surface area contributed by atoms with Crippen molar-refractivity contribution in [2.24, 2.45) is 5.92 Å². The van der Waals surface area contributed by atoms with Crippen molar-refractivity contribution in [1.29, 1.82) is 0 Å². The van der Waals surface area contributed by atoms with Crippen LogP contribution in [0.15, 0.2) is 0 Å². The molecule has 15 heavy (non-hydrogen) atoms. The molecule has 3 heteroatoms. The van der Waals surface area contributed by atoms with Gasteiger partial charge in [-0.15, -0.1) is 0 Å². The van der Waals surface area contributed by atoms with Crippen LogP contribution in [0.1, 0.15) is 33.1 Å². The van der Waals surface area contributed by atoms with E-state index in [1.54, 1.807) is 0 Å². The molecule has 0 aromatic rings. The number of hydrogen-bond acceptors (Lipinski definition) is 3. The van der Waals surface area contributed by atoms with Gasteiger partial charge >= 0.3 is 0 Å². The number of Topliss-reactive ketones (excluding diaryl/α,β-unsaturated/α-hetero) is 1. The number of likely N-dealkylation sites (tertiary alicyclic amines) is 1. The Bertz CT molecular complexity index is 194.